The normalized spacial score (nSPS) is 13.7. The van der Waals surface area contributed by atoms with Crippen LogP contribution in [0.4, 0.5) is 15.6 Å². The fourth-order valence-electron chi connectivity index (χ4n) is 3.51. The molecule has 1 saturated carbocycles. The first kappa shape index (κ1) is 23.1. The summed E-state index contributed by atoms with van der Waals surface area (Å²) in [5.74, 6) is -0.725. The van der Waals surface area contributed by atoms with Crippen LogP contribution in [0.25, 0.3) is 0 Å². The zero-order valence-electron chi connectivity index (χ0n) is 17.3. The molecule has 0 unspecified atom stereocenters. The molecule has 0 atom stereocenters. The molecule has 3 N–H and O–H groups in total. The molecule has 0 saturated heterocycles. The van der Waals surface area contributed by atoms with Gasteiger partial charge in [0.2, 0.25) is 0 Å². The molecule has 2 aromatic rings. The summed E-state index contributed by atoms with van der Waals surface area (Å²) >= 11 is 2.40. The molecule has 1 fully saturated rings. The van der Waals surface area contributed by atoms with Crippen LogP contribution in [0.5, 0.6) is 0 Å². The molecular formula is C21H26N4O4S2. The van der Waals surface area contributed by atoms with Gasteiger partial charge in [-0.1, -0.05) is 30.2 Å². The molecule has 3 rings (SSSR count). The van der Waals surface area contributed by atoms with E-state index in [1.165, 1.54) is 11.3 Å². The van der Waals surface area contributed by atoms with Crippen molar-refractivity contribution in [2.75, 3.05) is 29.1 Å². The van der Waals surface area contributed by atoms with Crippen LogP contribution in [0, 0.1) is 5.92 Å². The highest BCUT2D eigenvalue weighted by atomic mass is 32.2. The second-order valence-corrected chi connectivity index (χ2v) is 9.57. The highest BCUT2D eigenvalue weighted by molar-refractivity contribution is 8.01. The zero-order valence-corrected chi connectivity index (χ0v) is 18.9. The molecule has 1 aliphatic rings. The number of hydrogen-bond donors (Lipinski definition) is 3. The number of thiazole rings is 1. The van der Waals surface area contributed by atoms with Crippen molar-refractivity contribution < 1.29 is 19.5 Å². The number of amides is 3. The lowest BCUT2D eigenvalue weighted by Gasteiger charge is -2.26. The molecule has 8 nitrogen and oxygen atoms in total. The van der Waals surface area contributed by atoms with Crippen LogP contribution in [0.15, 0.2) is 34.7 Å². The summed E-state index contributed by atoms with van der Waals surface area (Å²) in [6.07, 6.45) is 6.04. The van der Waals surface area contributed by atoms with E-state index in [1.807, 2.05) is 13.0 Å². The Labute approximate surface area is 189 Å². The van der Waals surface area contributed by atoms with Gasteiger partial charge in [0.25, 0.3) is 5.91 Å². The standard InChI is InChI=1S/C21H26N4O4S2/c1-2-22-19(28)15-8-5-9-16(10-15)25(12-14-6-3-4-7-14)21(29)24-20-23-11-18(31-20)30-13-17(26)27/h5,8-11,14H,2-4,6-7,12-13H2,1H3,(H,22,28)(H,26,27)(H,23,24,29). The van der Waals surface area contributed by atoms with Crippen LogP contribution >= 0.6 is 23.1 Å². The molecule has 0 radical (unpaired) electrons. The van der Waals surface area contributed by atoms with Gasteiger partial charge in [0.15, 0.2) is 5.13 Å². The molecule has 0 aliphatic heterocycles. The number of carboxylic acids is 1. The van der Waals surface area contributed by atoms with E-state index in [1.54, 1.807) is 29.3 Å². The second-order valence-electron chi connectivity index (χ2n) is 7.27. The van der Waals surface area contributed by atoms with E-state index in [0.29, 0.717) is 35.4 Å². The largest absolute Gasteiger partial charge is 0.481 e. The summed E-state index contributed by atoms with van der Waals surface area (Å²) < 4.78 is 0.721. The van der Waals surface area contributed by atoms with Gasteiger partial charge in [-0.25, -0.2) is 9.78 Å². The van der Waals surface area contributed by atoms with E-state index in [4.69, 9.17) is 5.11 Å². The Morgan fingerprint density at radius 1 is 1.29 bits per heavy atom. The van der Waals surface area contributed by atoms with Gasteiger partial charge in [0, 0.05) is 24.3 Å². The maximum absolute atomic E-state index is 13.2. The van der Waals surface area contributed by atoms with Crippen molar-refractivity contribution in [2.45, 2.75) is 36.8 Å². The Balaban J connectivity index is 1.77. The number of rotatable bonds is 9. The number of nitrogens with zero attached hydrogens (tertiary/aromatic N) is 2. The number of thioether (sulfide) groups is 1. The number of carboxylic acid groups (broad SMARTS) is 1. The van der Waals surface area contributed by atoms with Crippen molar-refractivity contribution in [3.05, 3.63) is 36.0 Å². The van der Waals surface area contributed by atoms with Gasteiger partial charge >= 0.3 is 12.0 Å². The molecule has 31 heavy (non-hydrogen) atoms. The van der Waals surface area contributed by atoms with Crippen LogP contribution in [-0.4, -0.2) is 46.8 Å². The molecule has 166 valence electrons. The van der Waals surface area contributed by atoms with Gasteiger partial charge in [-0.3, -0.25) is 19.8 Å². The zero-order chi connectivity index (χ0) is 22.2. The topological polar surface area (TPSA) is 112 Å². The first-order valence-corrected chi connectivity index (χ1v) is 12.0. The van der Waals surface area contributed by atoms with Crippen LogP contribution in [0.1, 0.15) is 43.0 Å². The molecular weight excluding hydrogens is 436 g/mol. The summed E-state index contributed by atoms with van der Waals surface area (Å²) in [6, 6.07) is 6.75. The average Bonchev–Trinajstić information content (AvgIpc) is 3.42. The van der Waals surface area contributed by atoms with Crippen molar-refractivity contribution in [3.63, 3.8) is 0 Å². The molecule has 1 aromatic heterocycles. The third kappa shape index (κ3) is 6.70. The van der Waals surface area contributed by atoms with E-state index in [2.05, 4.69) is 15.6 Å². The van der Waals surface area contributed by atoms with Gasteiger partial charge in [0.1, 0.15) is 0 Å². The summed E-state index contributed by atoms with van der Waals surface area (Å²) in [5, 5.41) is 14.8. The van der Waals surface area contributed by atoms with E-state index in [-0.39, 0.29) is 17.7 Å². The Morgan fingerprint density at radius 2 is 2.06 bits per heavy atom. The van der Waals surface area contributed by atoms with Gasteiger partial charge in [-0.15, -0.1) is 11.8 Å². The number of aliphatic carboxylic acids is 1. The Hall–Kier alpha value is -2.59. The third-order valence-corrected chi connectivity index (χ3v) is 7.05. The number of aromatic nitrogens is 1. The molecule has 10 heteroatoms. The van der Waals surface area contributed by atoms with Gasteiger partial charge in [-0.05, 0) is 43.9 Å². The lowest BCUT2D eigenvalue weighted by Crippen LogP contribution is -2.38. The van der Waals surface area contributed by atoms with E-state index < -0.39 is 5.97 Å². The quantitative estimate of drug-likeness (QED) is 0.479. The van der Waals surface area contributed by atoms with Crippen molar-refractivity contribution in [1.29, 1.82) is 0 Å². The average molecular weight is 463 g/mol. The fourth-order valence-corrected chi connectivity index (χ4v) is 5.09. The Bertz CT molecular complexity index is 928. The smallest absolute Gasteiger partial charge is 0.328 e. The Kier molecular flexibility index (Phi) is 8.30. The molecule has 1 heterocycles. The monoisotopic (exact) mass is 462 g/mol. The van der Waals surface area contributed by atoms with E-state index >= 15 is 0 Å². The SMILES string of the molecule is CCNC(=O)c1cccc(N(CC2CCCC2)C(=O)Nc2ncc(SCC(=O)O)s2)c1. The van der Waals surface area contributed by atoms with Crippen molar-refractivity contribution in [2.24, 2.45) is 5.92 Å². The van der Waals surface area contributed by atoms with Crippen LogP contribution < -0.4 is 15.5 Å². The van der Waals surface area contributed by atoms with Crippen molar-refractivity contribution in [3.8, 4) is 0 Å². The molecule has 3 amide bonds. The molecule has 0 spiro atoms. The molecule has 1 aromatic carbocycles. The summed E-state index contributed by atoms with van der Waals surface area (Å²) in [6.45, 7) is 2.96. The van der Waals surface area contributed by atoms with E-state index in [9.17, 15) is 14.4 Å². The highest BCUT2D eigenvalue weighted by Crippen LogP contribution is 2.30. The number of carbonyl (C=O) groups is 3. The number of nitrogens with one attached hydrogen (secondary N) is 2. The number of hydrogen-bond acceptors (Lipinski definition) is 6. The minimum atomic E-state index is -0.904. The van der Waals surface area contributed by atoms with Crippen LogP contribution in [-0.2, 0) is 4.79 Å². The van der Waals surface area contributed by atoms with Crippen LogP contribution in [0.2, 0.25) is 0 Å². The summed E-state index contributed by atoms with van der Waals surface area (Å²) in [7, 11) is 0. The second kappa shape index (κ2) is 11.1. The fraction of sp³-hybridized carbons (Fsp3) is 0.429. The predicted molar refractivity (Wildman–Crippen MR) is 123 cm³/mol. The third-order valence-electron chi connectivity index (χ3n) is 4.95. The number of urea groups is 1. The van der Waals surface area contributed by atoms with Gasteiger partial charge < -0.3 is 10.4 Å². The van der Waals surface area contributed by atoms with Crippen molar-refractivity contribution >= 4 is 51.8 Å². The first-order chi connectivity index (χ1) is 15.0. The van der Waals surface area contributed by atoms with Gasteiger partial charge in [0.05, 0.1) is 16.2 Å². The first-order valence-electron chi connectivity index (χ1n) is 10.2. The summed E-state index contributed by atoms with van der Waals surface area (Å²) in [4.78, 5) is 42.0. The highest BCUT2D eigenvalue weighted by Gasteiger charge is 2.24. The lowest BCUT2D eigenvalue weighted by atomic mass is 10.1. The molecule has 1 aliphatic carbocycles. The Morgan fingerprint density at radius 3 is 2.77 bits per heavy atom. The van der Waals surface area contributed by atoms with Gasteiger partial charge in [-0.2, -0.15) is 0 Å². The maximum atomic E-state index is 13.2. The van der Waals surface area contributed by atoms with Crippen LogP contribution in [0.3, 0.4) is 0 Å². The van der Waals surface area contributed by atoms with E-state index in [0.717, 1.165) is 41.7 Å². The minimum absolute atomic E-state index is 0.0595. The van der Waals surface area contributed by atoms with Crippen molar-refractivity contribution in [1.82, 2.24) is 10.3 Å². The maximum Gasteiger partial charge on any atom is 0.328 e. The number of anilines is 2. The number of benzene rings is 1. The molecule has 0 bridgehead atoms. The lowest BCUT2D eigenvalue weighted by molar-refractivity contribution is -0.133. The predicted octanol–water partition coefficient (Wildman–Crippen LogP) is 4.30. The number of carbonyl (C=O) groups excluding carboxylic acids is 2. The summed E-state index contributed by atoms with van der Waals surface area (Å²) in [5.41, 5.74) is 1.16. The minimum Gasteiger partial charge on any atom is -0.481 e.